The van der Waals surface area contributed by atoms with Crippen LogP contribution in [0.15, 0.2) is 35.2 Å². The summed E-state index contributed by atoms with van der Waals surface area (Å²) in [6.07, 6.45) is -0.934. The van der Waals surface area contributed by atoms with Gasteiger partial charge in [0, 0.05) is 25.2 Å². The van der Waals surface area contributed by atoms with Gasteiger partial charge in [-0.25, -0.2) is 9.97 Å². The van der Waals surface area contributed by atoms with Crippen molar-refractivity contribution in [3.8, 4) is 0 Å². The summed E-state index contributed by atoms with van der Waals surface area (Å²) in [6, 6.07) is 4.10. The molecule has 2 aromatic heterocycles. The Bertz CT molecular complexity index is 695. The number of piperidine rings is 1. The zero-order chi connectivity index (χ0) is 17.2. The largest absolute Gasteiger partial charge is 0.459 e. The van der Waals surface area contributed by atoms with Gasteiger partial charge in [0.05, 0.1) is 6.26 Å². The van der Waals surface area contributed by atoms with Gasteiger partial charge in [-0.05, 0) is 25.0 Å². The van der Waals surface area contributed by atoms with Crippen molar-refractivity contribution in [2.24, 2.45) is 0 Å². The summed E-state index contributed by atoms with van der Waals surface area (Å²) in [5, 5.41) is 2.86. The van der Waals surface area contributed by atoms with Crippen LogP contribution in [0.1, 0.15) is 29.1 Å². The normalized spacial score (nSPS) is 16.2. The number of amides is 1. The van der Waals surface area contributed by atoms with E-state index in [0.29, 0.717) is 25.9 Å². The van der Waals surface area contributed by atoms with Crippen LogP contribution in [0.25, 0.3) is 0 Å². The van der Waals surface area contributed by atoms with Gasteiger partial charge in [-0.2, -0.15) is 13.2 Å². The molecule has 9 heteroatoms. The quantitative estimate of drug-likeness (QED) is 0.929. The molecular weight excluding hydrogens is 325 g/mol. The molecular formula is C15H15F3N4O2. The van der Waals surface area contributed by atoms with E-state index in [1.54, 1.807) is 17.0 Å². The van der Waals surface area contributed by atoms with Crippen molar-refractivity contribution < 1.29 is 22.4 Å². The third-order valence-electron chi connectivity index (χ3n) is 3.84. The van der Waals surface area contributed by atoms with Crippen molar-refractivity contribution in [1.29, 1.82) is 0 Å². The molecule has 3 heterocycles. The minimum atomic E-state index is -4.49. The number of furan rings is 1. The lowest BCUT2D eigenvalue weighted by molar-refractivity contribution is -0.141. The summed E-state index contributed by atoms with van der Waals surface area (Å²) in [7, 11) is 0. The molecule has 128 valence electrons. The fourth-order valence-electron chi connectivity index (χ4n) is 2.59. The van der Waals surface area contributed by atoms with E-state index in [1.807, 2.05) is 0 Å². The molecule has 2 aromatic rings. The average molecular weight is 340 g/mol. The van der Waals surface area contributed by atoms with E-state index in [-0.39, 0.29) is 23.5 Å². The summed E-state index contributed by atoms with van der Waals surface area (Å²) in [5.41, 5.74) is -0.958. The van der Waals surface area contributed by atoms with Crippen molar-refractivity contribution in [3.05, 3.63) is 42.2 Å². The van der Waals surface area contributed by atoms with E-state index >= 15 is 0 Å². The van der Waals surface area contributed by atoms with E-state index in [9.17, 15) is 18.0 Å². The molecule has 0 unspecified atom stereocenters. The molecule has 1 aliphatic heterocycles. The Morgan fingerprint density at radius 1 is 1.29 bits per heavy atom. The molecule has 0 aliphatic carbocycles. The average Bonchev–Trinajstić information content (AvgIpc) is 3.09. The van der Waals surface area contributed by atoms with Crippen LogP contribution in [0.2, 0.25) is 0 Å². The first-order valence-corrected chi connectivity index (χ1v) is 7.42. The van der Waals surface area contributed by atoms with Crippen LogP contribution in [0.4, 0.5) is 19.0 Å². The fraction of sp³-hybridized carbons (Fsp3) is 0.400. The second kappa shape index (κ2) is 6.50. The van der Waals surface area contributed by atoms with Gasteiger partial charge in [0.1, 0.15) is 17.8 Å². The molecule has 0 radical (unpaired) electrons. The van der Waals surface area contributed by atoms with Gasteiger partial charge in [-0.15, -0.1) is 0 Å². The van der Waals surface area contributed by atoms with Crippen molar-refractivity contribution in [2.45, 2.75) is 25.1 Å². The highest BCUT2D eigenvalue weighted by Crippen LogP contribution is 2.29. The lowest BCUT2D eigenvalue weighted by Crippen LogP contribution is -2.45. The minimum Gasteiger partial charge on any atom is -0.459 e. The Balaban J connectivity index is 1.58. The summed E-state index contributed by atoms with van der Waals surface area (Å²) in [4.78, 5) is 20.8. The van der Waals surface area contributed by atoms with Gasteiger partial charge in [-0.1, -0.05) is 0 Å². The molecule has 1 fully saturated rings. The Hall–Kier alpha value is -2.58. The van der Waals surface area contributed by atoms with Gasteiger partial charge in [0.25, 0.3) is 5.91 Å². The van der Waals surface area contributed by atoms with E-state index in [0.717, 1.165) is 12.4 Å². The van der Waals surface area contributed by atoms with Crippen molar-refractivity contribution >= 4 is 11.7 Å². The number of nitrogens with one attached hydrogen (secondary N) is 1. The zero-order valence-electron chi connectivity index (χ0n) is 12.6. The molecule has 1 saturated heterocycles. The molecule has 24 heavy (non-hydrogen) atoms. The third kappa shape index (κ3) is 3.66. The minimum absolute atomic E-state index is 0.0530. The molecule has 0 atom stereocenters. The molecule has 0 saturated carbocycles. The topological polar surface area (TPSA) is 71.3 Å². The second-order valence-corrected chi connectivity index (χ2v) is 5.47. The Kier molecular flexibility index (Phi) is 4.41. The number of alkyl halides is 3. The van der Waals surface area contributed by atoms with Crippen LogP contribution in [-0.4, -0.2) is 35.0 Å². The molecule has 6 nitrogen and oxygen atoms in total. The number of carbonyl (C=O) groups excluding carboxylic acids is 1. The summed E-state index contributed by atoms with van der Waals surface area (Å²) >= 11 is 0. The van der Waals surface area contributed by atoms with Crippen LogP contribution < -0.4 is 10.2 Å². The highest BCUT2D eigenvalue weighted by molar-refractivity contribution is 5.91. The Morgan fingerprint density at radius 2 is 2.04 bits per heavy atom. The summed E-state index contributed by atoms with van der Waals surface area (Å²) in [5.74, 6) is 0.191. The molecule has 3 rings (SSSR count). The fourth-order valence-corrected chi connectivity index (χ4v) is 2.59. The summed E-state index contributed by atoms with van der Waals surface area (Å²) in [6.45, 7) is 0.995. The zero-order valence-corrected chi connectivity index (χ0v) is 12.6. The number of anilines is 1. The molecule has 0 aromatic carbocycles. The van der Waals surface area contributed by atoms with Crippen LogP contribution >= 0.6 is 0 Å². The van der Waals surface area contributed by atoms with Gasteiger partial charge in [0.15, 0.2) is 5.76 Å². The first-order chi connectivity index (χ1) is 11.4. The number of aromatic nitrogens is 2. The highest BCUT2D eigenvalue weighted by atomic mass is 19.4. The molecule has 1 amide bonds. The van der Waals surface area contributed by atoms with Gasteiger partial charge in [-0.3, -0.25) is 4.79 Å². The van der Waals surface area contributed by atoms with Crippen LogP contribution in [0, 0.1) is 0 Å². The lowest BCUT2D eigenvalue weighted by Gasteiger charge is -2.33. The first kappa shape index (κ1) is 16.3. The van der Waals surface area contributed by atoms with Gasteiger partial charge >= 0.3 is 6.18 Å². The number of carbonyl (C=O) groups is 1. The standard InChI is InChI=1S/C15H15F3N4O2/c16-15(17,18)12-8-13(20-9-19-12)22-5-3-10(4-6-22)21-14(23)11-2-1-7-24-11/h1-2,7-10H,3-6H2,(H,21,23). The molecule has 1 aliphatic rings. The SMILES string of the molecule is O=C(NC1CCN(c2cc(C(F)(F)F)ncn2)CC1)c1ccco1. The molecule has 0 bridgehead atoms. The van der Waals surface area contributed by atoms with Crippen LogP contribution in [0.5, 0.6) is 0 Å². The maximum absolute atomic E-state index is 12.7. The number of hydrogen-bond donors (Lipinski definition) is 1. The summed E-state index contributed by atoms with van der Waals surface area (Å²) < 4.78 is 43.2. The number of nitrogens with zero attached hydrogens (tertiary/aromatic N) is 3. The van der Waals surface area contributed by atoms with Gasteiger partial charge in [0.2, 0.25) is 0 Å². The van der Waals surface area contributed by atoms with E-state index in [4.69, 9.17) is 4.42 Å². The van der Waals surface area contributed by atoms with E-state index < -0.39 is 11.9 Å². The van der Waals surface area contributed by atoms with Gasteiger partial charge < -0.3 is 14.6 Å². The molecule has 1 N–H and O–H groups in total. The first-order valence-electron chi connectivity index (χ1n) is 7.42. The van der Waals surface area contributed by atoms with Crippen molar-refractivity contribution in [1.82, 2.24) is 15.3 Å². The monoisotopic (exact) mass is 340 g/mol. The number of rotatable bonds is 3. The maximum Gasteiger partial charge on any atom is 0.433 e. The van der Waals surface area contributed by atoms with Crippen molar-refractivity contribution in [3.63, 3.8) is 0 Å². The Labute approximate surface area is 135 Å². The number of hydrogen-bond acceptors (Lipinski definition) is 5. The molecule has 0 spiro atoms. The predicted molar refractivity (Wildman–Crippen MR) is 78.4 cm³/mol. The highest BCUT2D eigenvalue weighted by Gasteiger charge is 2.33. The second-order valence-electron chi connectivity index (χ2n) is 5.47. The van der Waals surface area contributed by atoms with E-state index in [2.05, 4.69) is 15.3 Å². The maximum atomic E-state index is 12.7. The smallest absolute Gasteiger partial charge is 0.433 e. The number of halogens is 3. The van der Waals surface area contributed by atoms with Crippen LogP contribution in [0.3, 0.4) is 0 Å². The van der Waals surface area contributed by atoms with Crippen LogP contribution in [-0.2, 0) is 6.18 Å². The van der Waals surface area contributed by atoms with E-state index in [1.165, 1.54) is 6.26 Å². The third-order valence-corrected chi connectivity index (χ3v) is 3.84. The predicted octanol–water partition coefficient (Wildman–Crippen LogP) is 2.49. The Morgan fingerprint density at radius 3 is 2.67 bits per heavy atom. The lowest BCUT2D eigenvalue weighted by atomic mass is 10.0. The van der Waals surface area contributed by atoms with Crippen molar-refractivity contribution in [2.75, 3.05) is 18.0 Å².